The summed E-state index contributed by atoms with van der Waals surface area (Å²) in [6.07, 6.45) is 1.25. The molecule has 1 amide bonds. The molecule has 0 spiro atoms. The maximum absolute atomic E-state index is 13.3. The molecule has 0 saturated carbocycles. The van der Waals surface area contributed by atoms with Crippen LogP contribution in [0.15, 0.2) is 58.4 Å². The van der Waals surface area contributed by atoms with Gasteiger partial charge < -0.3 is 14.7 Å². The quantitative estimate of drug-likeness (QED) is 0.621. The van der Waals surface area contributed by atoms with Crippen LogP contribution in [0.4, 0.5) is 0 Å². The van der Waals surface area contributed by atoms with E-state index >= 15 is 0 Å². The highest BCUT2D eigenvalue weighted by Gasteiger charge is 2.47. The van der Waals surface area contributed by atoms with Gasteiger partial charge in [-0.1, -0.05) is 30.3 Å². The fourth-order valence-corrected chi connectivity index (χ4v) is 6.67. The lowest BCUT2D eigenvalue weighted by atomic mass is 9.99. The SMILES string of the molecule is O=C1c2c(O)c(=O)ccn2N([C@H]2c3cccc4c3-c3c(cccc32)SC4)[C@@H]2COCCN12. The number of fused-ring (bicyclic) bond motifs is 2. The van der Waals surface area contributed by atoms with Crippen LogP contribution in [0.1, 0.15) is 33.2 Å². The number of nitrogens with zero attached hydrogens (tertiary/aromatic N) is 3. The molecule has 3 aromatic rings. The zero-order valence-electron chi connectivity index (χ0n) is 17.0. The number of hydrogen-bond acceptors (Lipinski definition) is 6. The lowest BCUT2D eigenvalue weighted by Crippen LogP contribution is -2.66. The molecule has 3 aliphatic heterocycles. The number of benzene rings is 2. The fraction of sp³-hybridized carbons (Fsp3) is 0.250. The van der Waals surface area contributed by atoms with Crippen molar-refractivity contribution in [2.24, 2.45) is 0 Å². The summed E-state index contributed by atoms with van der Waals surface area (Å²) in [5.74, 6) is 0.0759. The molecule has 2 aromatic carbocycles. The van der Waals surface area contributed by atoms with E-state index in [1.807, 2.05) is 11.8 Å². The maximum atomic E-state index is 13.3. The second kappa shape index (κ2) is 6.40. The van der Waals surface area contributed by atoms with E-state index in [2.05, 4.69) is 41.4 Å². The van der Waals surface area contributed by atoms with Crippen molar-refractivity contribution in [1.29, 1.82) is 0 Å². The number of aromatic nitrogens is 1. The number of amides is 1. The van der Waals surface area contributed by atoms with Gasteiger partial charge in [0.05, 0.1) is 19.3 Å². The Morgan fingerprint density at radius 3 is 2.72 bits per heavy atom. The van der Waals surface area contributed by atoms with Gasteiger partial charge >= 0.3 is 0 Å². The van der Waals surface area contributed by atoms with Crippen molar-refractivity contribution >= 4 is 17.7 Å². The molecule has 1 saturated heterocycles. The summed E-state index contributed by atoms with van der Waals surface area (Å²) in [4.78, 5) is 28.5. The second-order valence-corrected chi connectivity index (χ2v) is 9.47. The Balaban J connectivity index is 1.54. The smallest absolute Gasteiger partial charge is 0.278 e. The average Bonchev–Trinajstić information content (AvgIpc) is 3.16. The zero-order chi connectivity index (χ0) is 21.6. The van der Waals surface area contributed by atoms with Gasteiger partial charge in [0.25, 0.3) is 5.91 Å². The third-order valence-corrected chi connectivity index (χ3v) is 8.01. The van der Waals surface area contributed by atoms with Crippen LogP contribution < -0.4 is 10.4 Å². The largest absolute Gasteiger partial charge is 0.502 e. The molecule has 8 heteroatoms. The zero-order valence-corrected chi connectivity index (χ0v) is 17.8. The van der Waals surface area contributed by atoms with Gasteiger partial charge in [-0.3, -0.25) is 19.3 Å². The summed E-state index contributed by atoms with van der Waals surface area (Å²) in [5, 5.41) is 12.7. The number of pyridine rings is 1. The molecule has 7 nitrogen and oxygen atoms in total. The lowest BCUT2D eigenvalue weighted by molar-refractivity contribution is -0.0195. The molecule has 7 rings (SSSR count). The summed E-state index contributed by atoms with van der Waals surface area (Å²) < 4.78 is 7.47. The first-order valence-corrected chi connectivity index (χ1v) is 11.6. The minimum Gasteiger partial charge on any atom is -0.502 e. The van der Waals surface area contributed by atoms with E-state index in [1.165, 1.54) is 38.8 Å². The van der Waals surface area contributed by atoms with E-state index in [9.17, 15) is 14.7 Å². The first kappa shape index (κ1) is 18.4. The van der Waals surface area contributed by atoms with Gasteiger partial charge in [-0.25, -0.2) is 0 Å². The van der Waals surface area contributed by atoms with Gasteiger partial charge in [0.1, 0.15) is 6.17 Å². The van der Waals surface area contributed by atoms with E-state index in [0.717, 1.165) is 5.75 Å². The predicted octanol–water partition coefficient (Wildman–Crippen LogP) is 2.68. The van der Waals surface area contributed by atoms with Gasteiger partial charge in [-0.15, -0.1) is 11.8 Å². The van der Waals surface area contributed by atoms with Gasteiger partial charge in [0, 0.05) is 35.0 Å². The van der Waals surface area contributed by atoms with E-state index in [0.29, 0.717) is 19.8 Å². The van der Waals surface area contributed by atoms with Crippen molar-refractivity contribution in [3.05, 3.63) is 81.3 Å². The maximum Gasteiger partial charge on any atom is 0.278 e. The topological polar surface area (TPSA) is 75.0 Å². The standard InChI is InChI=1S/C24H19N3O4S/c28-16-7-8-26-22(23(16)29)24(30)25-9-10-31-11-18(25)27(26)21-14-4-1-3-13-12-32-17-6-2-5-15(21)20(17)19(13)14/h1-8,18,21,29H,9-12H2/t18-,21+/m1/s1. The highest BCUT2D eigenvalue weighted by atomic mass is 32.2. The van der Waals surface area contributed by atoms with Crippen LogP contribution in [0.3, 0.4) is 0 Å². The van der Waals surface area contributed by atoms with Gasteiger partial charge in [-0.05, 0) is 28.3 Å². The Morgan fingerprint density at radius 1 is 1.03 bits per heavy atom. The van der Waals surface area contributed by atoms with Crippen LogP contribution in [0.5, 0.6) is 5.75 Å². The molecule has 1 aromatic heterocycles. The number of morpholine rings is 1. The van der Waals surface area contributed by atoms with Crippen LogP contribution in [-0.2, 0) is 10.5 Å². The third kappa shape index (κ3) is 2.21. The number of carbonyl (C=O) groups is 1. The molecule has 0 radical (unpaired) electrons. The molecule has 4 heterocycles. The average molecular weight is 446 g/mol. The highest BCUT2D eigenvalue weighted by Crippen LogP contribution is 2.55. The fourth-order valence-electron chi connectivity index (χ4n) is 5.58. The molecule has 1 N–H and O–H groups in total. The van der Waals surface area contributed by atoms with Gasteiger partial charge in [0.15, 0.2) is 11.4 Å². The van der Waals surface area contributed by atoms with Crippen molar-refractivity contribution in [2.45, 2.75) is 22.9 Å². The summed E-state index contributed by atoms with van der Waals surface area (Å²) in [6, 6.07) is 13.9. The number of rotatable bonds is 1. The van der Waals surface area contributed by atoms with E-state index in [4.69, 9.17) is 4.74 Å². The first-order valence-electron chi connectivity index (χ1n) is 10.6. The normalized spacial score (nSPS) is 22.4. The summed E-state index contributed by atoms with van der Waals surface area (Å²) >= 11 is 1.84. The van der Waals surface area contributed by atoms with Crippen LogP contribution >= 0.6 is 11.8 Å². The Morgan fingerprint density at radius 2 is 1.84 bits per heavy atom. The van der Waals surface area contributed by atoms with Crippen molar-refractivity contribution in [2.75, 3.05) is 24.8 Å². The lowest BCUT2D eigenvalue weighted by Gasteiger charge is -2.50. The third-order valence-electron chi connectivity index (χ3n) is 6.90. The molecule has 1 fully saturated rings. The Hall–Kier alpha value is -3.23. The first-order chi connectivity index (χ1) is 15.6. The second-order valence-electron chi connectivity index (χ2n) is 8.45. The van der Waals surface area contributed by atoms with Gasteiger partial charge in [0.2, 0.25) is 5.43 Å². The summed E-state index contributed by atoms with van der Waals surface area (Å²) in [7, 11) is 0. The molecule has 2 atom stereocenters. The predicted molar refractivity (Wildman–Crippen MR) is 120 cm³/mol. The van der Waals surface area contributed by atoms with E-state index in [1.54, 1.807) is 15.8 Å². The molecular formula is C24H19N3O4S. The molecule has 32 heavy (non-hydrogen) atoms. The summed E-state index contributed by atoms with van der Waals surface area (Å²) in [5.41, 5.74) is 5.64. The van der Waals surface area contributed by atoms with Crippen LogP contribution in [-0.4, -0.2) is 46.5 Å². The highest BCUT2D eigenvalue weighted by molar-refractivity contribution is 7.98. The molecule has 160 valence electrons. The minimum absolute atomic E-state index is 0.0159. The number of ether oxygens (including phenoxy) is 1. The molecular weight excluding hydrogens is 426 g/mol. The molecule has 1 aliphatic carbocycles. The number of thioether (sulfide) groups is 1. The Bertz CT molecular complexity index is 1330. The van der Waals surface area contributed by atoms with Crippen LogP contribution in [0.25, 0.3) is 11.1 Å². The molecule has 4 aliphatic rings. The number of aromatic hydroxyl groups is 1. The Labute approximate surface area is 187 Å². The van der Waals surface area contributed by atoms with Crippen molar-refractivity contribution in [3.63, 3.8) is 0 Å². The van der Waals surface area contributed by atoms with Crippen LogP contribution in [0, 0.1) is 0 Å². The summed E-state index contributed by atoms with van der Waals surface area (Å²) in [6.45, 7) is 1.19. The molecule has 0 unspecified atom stereocenters. The minimum atomic E-state index is -0.553. The van der Waals surface area contributed by atoms with E-state index in [-0.39, 0.29) is 23.8 Å². The van der Waals surface area contributed by atoms with Crippen molar-refractivity contribution in [3.8, 4) is 16.9 Å². The van der Waals surface area contributed by atoms with Crippen molar-refractivity contribution in [1.82, 2.24) is 9.58 Å². The molecule has 0 bridgehead atoms. The monoisotopic (exact) mass is 445 g/mol. The number of carbonyl (C=O) groups excluding carboxylic acids is 1. The Kier molecular flexibility index (Phi) is 3.67. The van der Waals surface area contributed by atoms with E-state index < -0.39 is 11.2 Å². The van der Waals surface area contributed by atoms with Crippen molar-refractivity contribution < 1.29 is 14.6 Å². The van der Waals surface area contributed by atoms with Crippen LogP contribution in [0.2, 0.25) is 0 Å². The number of hydrogen-bond donors (Lipinski definition) is 1. The van der Waals surface area contributed by atoms with Gasteiger partial charge in [-0.2, -0.15) is 0 Å².